The number of benzene rings is 2. The highest BCUT2D eigenvalue weighted by atomic mass is 16.2. The number of amides is 2. The fourth-order valence-electron chi connectivity index (χ4n) is 3.35. The molecule has 0 radical (unpaired) electrons. The van der Waals surface area contributed by atoms with E-state index >= 15 is 0 Å². The van der Waals surface area contributed by atoms with E-state index in [0.717, 1.165) is 27.7 Å². The number of pyridine rings is 1. The predicted octanol–water partition coefficient (Wildman–Crippen LogP) is 3.74. The molecule has 0 aliphatic rings. The summed E-state index contributed by atoms with van der Waals surface area (Å²) in [6, 6.07) is 15.1. The summed E-state index contributed by atoms with van der Waals surface area (Å²) in [4.78, 5) is 32.3. The summed E-state index contributed by atoms with van der Waals surface area (Å²) in [6.45, 7) is 5.47. The van der Waals surface area contributed by atoms with Crippen molar-refractivity contribution in [2.45, 2.75) is 20.4 Å². The van der Waals surface area contributed by atoms with Crippen LogP contribution in [0.1, 0.15) is 16.7 Å². The van der Waals surface area contributed by atoms with Crippen LogP contribution in [0.25, 0.3) is 10.9 Å². The molecule has 3 aromatic rings. The zero-order chi connectivity index (χ0) is 21.0. The normalized spacial score (nSPS) is 11.1. The molecule has 2 aromatic carbocycles. The van der Waals surface area contributed by atoms with Crippen molar-refractivity contribution in [2.75, 3.05) is 32.5 Å². The maximum Gasteiger partial charge on any atom is 0.322 e. The van der Waals surface area contributed by atoms with Crippen molar-refractivity contribution in [1.82, 2.24) is 14.8 Å². The highest BCUT2D eigenvalue weighted by Crippen LogP contribution is 2.19. The second-order valence-corrected chi connectivity index (χ2v) is 7.69. The van der Waals surface area contributed by atoms with Gasteiger partial charge in [0.1, 0.15) is 0 Å². The van der Waals surface area contributed by atoms with Gasteiger partial charge in [-0.15, -0.1) is 0 Å². The predicted molar refractivity (Wildman–Crippen MR) is 118 cm³/mol. The largest absolute Gasteiger partial charge is 0.322 e. The van der Waals surface area contributed by atoms with Gasteiger partial charge in [0.05, 0.1) is 12.1 Å². The van der Waals surface area contributed by atoms with E-state index in [-0.39, 0.29) is 18.1 Å². The van der Waals surface area contributed by atoms with E-state index in [1.54, 1.807) is 4.90 Å². The standard InChI is InChI=1S/C23H28N4O2/c1-16-12-17(2)21-18(13-16)14-19(22(28)25-21)15-27(11-10-26(3)4)23(29)24-20-8-6-5-7-9-20/h5-9,12-14H,10-11,15H2,1-4H3,(H,24,29)(H,25,28). The quantitative estimate of drug-likeness (QED) is 0.671. The van der Waals surface area contributed by atoms with E-state index in [4.69, 9.17) is 0 Å². The van der Waals surface area contributed by atoms with E-state index in [2.05, 4.69) is 22.4 Å². The Morgan fingerprint density at radius 1 is 1.03 bits per heavy atom. The van der Waals surface area contributed by atoms with Gasteiger partial charge >= 0.3 is 6.03 Å². The van der Waals surface area contributed by atoms with Crippen LogP contribution in [0.15, 0.2) is 53.3 Å². The molecule has 0 saturated heterocycles. The first-order valence-electron chi connectivity index (χ1n) is 9.72. The van der Waals surface area contributed by atoms with Gasteiger partial charge in [0.2, 0.25) is 0 Å². The van der Waals surface area contributed by atoms with E-state index in [1.807, 2.05) is 69.2 Å². The van der Waals surface area contributed by atoms with Crippen LogP contribution in [0, 0.1) is 13.8 Å². The molecule has 29 heavy (non-hydrogen) atoms. The molecule has 2 N–H and O–H groups in total. The average Bonchev–Trinajstić information content (AvgIpc) is 2.66. The third-order valence-electron chi connectivity index (χ3n) is 4.86. The van der Waals surface area contributed by atoms with Crippen LogP contribution in [-0.4, -0.2) is 48.0 Å². The number of likely N-dealkylation sites (N-methyl/N-ethyl adjacent to an activating group) is 1. The van der Waals surface area contributed by atoms with Gasteiger partial charge in [-0.3, -0.25) is 4.79 Å². The minimum absolute atomic E-state index is 0.160. The molecule has 6 nitrogen and oxygen atoms in total. The van der Waals surface area contributed by atoms with Crippen molar-refractivity contribution < 1.29 is 4.79 Å². The number of carbonyl (C=O) groups excluding carboxylic acids is 1. The number of nitrogens with zero attached hydrogens (tertiary/aromatic N) is 2. The van der Waals surface area contributed by atoms with Crippen LogP contribution in [0.5, 0.6) is 0 Å². The highest BCUT2D eigenvalue weighted by molar-refractivity contribution is 5.89. The number of anilines is 1. The molecule has 6 heteroatoms. The topological polar surface area (TPSA) is 68.4 Å². The maximum atomic E-state index is 12.9. The number of fused-ring (bicyclic) bond motifs is 1. The number of para-hydroxylation sites is 1. The van der Waals surface area contributed by atoms with Gasteiger partial charge in [-0.2, -0.15) is 0 Å². The van der Waals surface area contributed by atoms with Crippen molar-refractivity contribution in [3.05, 3.63) is 75.6 Å². The van der Waals surface area contributed by atoms with Crippen LogP contribution in [0.2, 0.25) is 0 Å². The molecule has 3 rings (SSSR count). The SMILES string of the molecule is Cc1cc(C)c2[nH]c(=O)c(CN(CCN(C)C)C(=O)Nc3ccccc3)cc2c1. The number of aryl methyl sites for hydroxylation is 2. The number of carbonyl (C=O) groups is 1. The van der Waals surface area contributed by atoms with Crippen LogP contribution >= 0.6 is 0 Å². The molecule has 1 heterocycles. The first kappa shape index (κ1) is 20.6. The number of H-pyrrole nitrogens is 1. The molecular formula is C23H28N4O2. The Balaban J connectivity index is 1.89. The summed E-state index contributed by atoms with van der Waals surface area (Å²) in [7, 11) is 3.92. The number of rotatable bonds is 6. The van der Waals surface area contributed by atoms with Crippen molar-refractivity contribution in [3.8, 4) is 0 Å². The molecule has 2 amide bonds. The number of hydrogen-bond donors (Lipinski definition) is 2. The Bertz CT molecular complexity index is 1060. The van der Waals surface area contributed by atoms with E-state index in [1.165, 1.54) is 0 Å². The first-order chi connectivity index (χ1) is 13.8. The van der Waals surface area contributed by atoms with Crippen LogP contribution in [0.4, 0.5) is 10.5 Å². The van der Waals surface area contributed by atoms with E-state index in [9.17, 15) is 9.59 Å². The van der Waals surface area contributed by atoms with Crippen molar-refractivity contribution >= 4 is 22.6 Å². The third-order valence-corrected chi connectivity index (χ3v) is 4.86. The molecule has 0 unspecified atom stereocenters. The number of nitrogens with one attached hydrogen (secondary N) is 2. The van der Waals surface area contributed by atoms with Crippen LogP contribution in [-0.2, 0) is 6.54 Å². The number of aromatic nitrogens is 1. The Labute approximate surface area is 171 Å². The Morgan fingerprint density at radius 3 is 2.45 bits per heavy atom. The molecule has 1 aromatic heterocycles. The van der Waals surface area contributed by atoms with Crippen LogP contribution in [0.3, 0.4) is 0 Å². The molecule has 0 aliphatic carbocycles. The molecule has 0 saturated carbocycles. The van der Waals surface area contributed by atoms with Crippen LogP contribution < -0.4 is 10.9 Å². The summed E-state index contributed by atoms with van der Waals surface area (Å²) < 4.78 is 0. The molecule has 0 aliphatic heterocycles. The average molecular weight is 393 g/mol. The van der Waals surface area contributed by atoms with E-state index < -0.39 is 0 Å². The zero-order valence-electron chi connectivity index (χ0n) is 17.5. The number of aromatic amines is 1. The highest BCUT2D eigenvalue weighted by Gasteiger charge is 2.17. The van der Waals surface area contributed by atoms with Gasteiger partial charge in [-0.25, -0.2) is 4.79 Å². The Morgan fingerprint density at radius 2 is 1.76 bits per heavy atom. The monoisotopic (exact) mass is 392 g/mol. The number of hydrogen-bond acceptors (Lipinski definition) is 3. The molecule has 0 bridgehead atoms. The molecule has 0 fully saturated rings. The maximum absolute atomic E-state index is 12.9. The second-order valence-electron chi connectivity index (χ2n) is 7.69. The zero-order valence-corrected chi connectivity index (χ0v) is 17.5. The van der Waals surface area contributed by atoms with Gasteiger partial charge in [-0.05, 0) is 63.2 Å². The summed E-state index contributed by atoms with van der Waals surface area (Å²) >= 11 is 0. The fraction of sp³-hybridized carbons (Fsp3) is 0.304. The van der Waals surface area contributed by atoms with Gasteiger partial charge < -0.3 is 20.1 Å². The fourth-order valence-corrected chi connectivity index (χ4v) is 3.35. The van der Waals surface area contributed by atoms with Gasteiger partial charge in [0, 0.05) is 24.3 Å². The summed E-state index contributed by atoms with van der Waals surface area (Å²) in [6.07, 6.45) is 0. The van der Waals surface area contributed by atoms with Gasteiger partial charge in [-0.1, -0.05) is 29.8 Å². The van der Waals surface area contributed by atoms with E-state index in [0.29, 0.717) is 18.7 Å². The van der Waals surface area contributed by atoms with Gasteiger partial charge in [0.25, 0.3) is 5.56 Å². The Kier molecular flexibility index (Phi) is 6.34. The molecular weight excluding hydrogens is 364 g/mol. The van der Waals surface area contributed by atoms with Crippen molar-refractivity contribution in [2.24, 2.45) is 0 Å². The second kappa shape index (κ2) is 8.92. The first-order valence-corrected chi connectivity index (χ1v) is 9.72. The lowest BCUT2D eigenvalue weighted by molar-refractivity contribution is 0.202. The molecule has 152 valence electrons. The molecule has 0 atom stereocenters. The summed E-state index contributed by atoms with van der Waals surface area (Å²) in [5.74, 6) is 0. The van der Waals surface area contributed by atoms with Crippen molar-refractivity contribution in [1.29, 1.82) is 0 Å². The lowest BCUT2D eigenvalue weighted by atomic mass is 10.1. The Hall–Kier alpha value is -3.12. The minimum Gasteiger partial charge on any atom is -0.321 e. The minimum atomic E-state index is -0.224. The lowest BCUT2D eigenvalue weighted by Crippen LogP contribution is -2.40. The lowest BCUT2D eigenvalue weighted by Gasteiger charge is -2.25. The smallest absolute Gasteiger partial charge is 0.321 e. The molecule has 0 spiro atoms. The van der Waals surface area contributed by atoms with Crippen molar-refractivity contribution in [3.63, 3.8) is 0 Å². The number of urea groups is 1. The van der Waals surface area contributed by atoms with Gasteiger partial charge in [0.15, 0.2) is 0 Å². The summed E-state index contributed by atoms with van der Waals surface area (Å²) in [5.41, 5.74) is 4.16. The third kappa shape index (κ3) is 5.23. The summed E-state index contributed by atoms with van der Waals surface area (Å²) in [5, 5.41) is 3.90.